The van der Waals surface area contributed by atoms with Crippen LogP contribution in [0.4, 0.5) is 0 Å². The van der Waals surface area contributed by atoms with Gasteiger partial charge in [0.25, 0.3) is 0 Å². The molecule has 8 nitrogen and oxygen atoms in total. The number of amides is 1. The van der Waals surface area contributed by atoms with E-state index >= 15 is 0 Å². The van der Waals surface area contributed by atoms with Crippen LogP contribution in [0.5, 0.6) is 11.5 Å². The summed E-state index contributed by atoms with van der Waals surface area (Å²) in [6, 6.07) is 4.82. The summed E-state index contributed by atoms with van der Waals surface area (Å²) in [5, 5.41) is 3.16. The molecule has 2 heterocycles. The topological polar surface area (TPSA) is 88.2 Å². The van der Waals surface area contributed by atoms with Gasteiger partial charge in [0.15, 0.2) is 11.5 Å². The number of nitrogens with zero attached hydrogens (tertiary/aromatic N) is 2. The van der Waals surface area contributed by atoms with Crippen molar-refractivity contribution in [2.24, 2.45) is 5.92 Å². The van der Waals surface area contributed by atoms with Crippen LogP contribution in [0, 0.1) is 5.92 Å². The van der Waals surface area contributed by atoms with Gasteiger partial charge < -0.3 is 19.7 Å². The fourth-order valence-electron chi connectivity index (χ4n) is 3.96. The smallest absolute Gasteiger partial charge is 0.243 e. The van der Waals surface area contributed by atoms with Gasteiger partial charge in [-0.2, -0.15) is 4.31 Å². The zero-order chi connectivity index (χ0) is 21.0. The molecule has 1 N–H and O–H groups in total. The minimum absolute atomic E-state index is 0.0581. The highest BCUT2D eigenvalue weighted by Crippen LogP contribution is 2.32. The maximum Gasteiger partial charge on any atom is 0.243 e. The van der Waals surface area contributed by atoms with Crippen LogP contribution in [0.1, 0.15) is 25.7 Å². The van der Waals surface area contributed by atoms with Crippen LogP contribution in [0.3, 0.4) is 0 Å². The van der Waals surface area contributed by atoms with E-state index in [1.165, 1.54) is 30.7 Å². The quantitative estimate of drug-likeness (QED) is 0.740. The van der Waals surface area contributed by atoms with Gasteiger partial charge in [-0.05, 0) is 58.0 Å². The monoisotopic (exact) mass is 425 g/mol. The Kier molecular flexibility index (Phi) is 7.02. The summed E-state index contributed by atoms with van der Waals surface area (Å²) < 4.78 is 37.9. The largest absolute Gasteiger partial charge is 0.493 e. The zero-order valence-electron chi connectivity index (χ0n) is 17.4. The van der Waals surface area contributed by atoms with E-state index in [0.29, 0.717) is 37.4 Å². The zero-order valence-corrected chi connectivity index (χ0v) is 18.2. The first-order chi connectivity index (χ1) is 13.8. The van der Waals surface area contributed by atoms with Gasteiger partial charge in [-0.25, -0.2) is 8.42 Å². The fraction of sp³-hybridized carbons (Fsp3) is 0.650. The van der Waals surface area contributed by atoms with Crippen molar-refractivity contribution in [2.75, 3.05) is 47.4 Å². The molecule has 2 aliphatic heterocycles. The van der Waals surface area contributed by atoms with E-state index in [-0.39, 0.29) is 22.8 Å². The molecule has 1 aromatic rings. The van der Waals surface area contributed by atoms with Gasteiger partial charge in [0.1, 0.15) is 0 Å². The SMILES string of the molecule is COc1ccc(S(=O)(=O)N2CCC(C(=O)NC3CCN(C)CC3)CC2)cc1OC. The van der Waals surface area contributed by atoms with Gasteiger partial charge in [-0.1, -0.05) is 0 Å². The second kappa shape index (κ2) is 9.32. The van der Waals surface area contributed by atoms with Gasteiger partial charge in [0, 0.05) is 31.1 Å². The van der Waals surface area contributed by atoms with Crippen molar-refractivity contribution in [3.8, 4) is 11.5 Å². The maximum absolute atomic E-state index is 13.0. The highest BCUT2D eigenvalue weighted by Gasteiger charge is 2.33. The number of hydrogen-bond acceptors (Lipinski definition) is 6. The molecule has 162 valence electrons. The molecule has 0 atom stereocenters. The third-order valence-corrected chi connectivity index (χ3v) is 7.78. The molecule has 2 fully saturated rings. The van der Waals surface area contributed by atoms with Crippen molar-refractivity contribution in [1.82, 2.24) is 14.5 Å². The lowest BCUT2D eigenvalue weighted by Gasteiger charge is -2.33. The molecular weight excluding hydrogens is 394 g/mol. The number of likely N-dealkylation sites (tertiary alicyclic amines) is 1. The minimum atomic E-state index is -3.64. The normalized spacial score (nSPS) is 20.4. The number of piperidine rings is 2. The van der Waals surface area contributed by atoms with Crippen LogP contribution in [0.25, 0.3) is 0 Å². The van der Waals surface area contributed by atoms with E-state index in [9.17, 15) is 13.2 Å². The number of hydrogen-bond donors (Lipinski definition) is 1. The average Bonchev–Trinajstić information content (AvgIpc) is 2.74. The van der Waals surface area contributed by atoms with Gasteiger partial charge >= 0.3 is 0 Å². The van der Waals surface area contributed by atoms with Crippen LogP contribution < -0.4 is 14.8 Å². The molecule has 1 aromatic carbocycles. The summed E-state index contributed by atoms with van der Waals surface area (Å²) in [5.74, 6) is 0.783. The number of benzene rings is 1. The number of rotatable bonds is 6. The van der Waals surface area contributed by atoms with E-state index in [0.717, 1.165) is 25.9 Å². The Labute approximate surface area is 173 Å². The average molecular weight is 426 g/mol. The highest BCUT2D eigenvalue weighted by atomic mass is 32.2. The molecule has 9 heteroatoms. The molecule has 0 aromatic heterocycles. The van der Waals surface area contributed by atoms with Gasteiger partial charge in [0.05, 0.1) is 19.1 Å². The number of methoxy groups -OCH3 is 2. The number of nitrogens with one attached hydrogen (secondary N) is 1. The summed E-state index contributed by atoms with van der Waals surface area (Å²) in [7, 11) is 1.43. The van der Waals surface area contributed by atoms with Crippen LogP contribution >= 0.6 is 0 Å². The molecule has 0 unspecified atom stereocenters. The summed E-state index contributed by atoms with van der Waals surface area (Å²) in [6.45, 7) is 2.66. The summed E-state index contributed by atoms with van der Waals surface area (Å²) in [4.78, 5) is 15.0. The molecule has 2 aliphatic rings. The molecule has 0 radical (unpaired) electrons. The first-order valence-electron chi connectivity index (χ1n) is 10.1. The van der Waals surface area contributed by atoms with Gasteiger partial charge in [-0.15, -0.1) is 0 Å². The van der Waals surface area contributed by atoms with Crippen LogP contribution in [-0.2, 0) is 14.8 Å². The van der Waals surface area contributed by atoms with Crippen molar-refractivity contribution in [2.45, 2.75) is 36.6 Å². The molecule has 0 spiro atoms. The van der Waals surface area contributed by atoms with Crippen molar-refractivity contribution < 1.29 is 22.7 Å². The Morgan fingerprint density at radius 3 is 2.21 bits per heavy atom. The second-order valence-corrected chi connectivity index (χ2v) is 9.72. The summed E-state index contributed by atoms with van der Waals surface area (Å²) >= 11 is 0. The first kappa shape index (κ1) is 21.9. The van der Waals surface area contributed by atoms with E-state index in [2.05, 4.69) is 17.3 Å². The first-order valence-corrected chi connectivity index (χ1v) is 11.5. The third-order valence-electron chi connectivity index (χ3n) is 5.88. The number of ether oxygens (including phenoxy) is 2. The van der Waals surface area contributed by atoms with E-state index in [1.807, 2.05) is 0 Å². The molecule has 0 aliphatic carbocycles. The molecular formula is C20H31N3O5S. The molecule has 2 saturated heterocycles. The number of carbonyl (C=O) groups is 1. The highest BCUT2D eigenvalue weighted by molar-refractivity contribution is 7.89. The van der Waals surface area contributed by atoms with Crippen molar-refractivity contribution in [3.05, 3.63) is 18.2 Å². The van der Waals surface area contributed by atoms with Crippen molar-refractivity contribution in [1.29, 1.82) is 0 Å². The maximum atomic E-state index is 13.0. The Bertz CT molecular complexity index is 813. The summed E-state index contributed by atoms with van der Waals surface area (Å²) in [5.41, 5.74) is 0. The molecule has 0 bridgehead atoms. The molecule has 1 amide bonds. The molecule has 0 saturated carbocycles. The summed E-state index contributed by atoms with van der Waals surface area (Å²) in [6.07, 6.45) is 3.00. The van der Waals surface area contributed by atoms with E-state index in [4.69, 9.17) is 9.47 Å². The number of sulfonamides is 1. The molecule has 29 heavy (non-hydrogen) atoms. The predicted molar refractivity (Wildman–Crippen MR) is 110 cm³/mol. The van der Waals surface area contributed by atoms with E-state index < -0.39 is 10.0 Å². The third kappa shape index (κ3) is 5.02. The van der Waals surface area contributed by atoms with Crippen LogP contribution in [-0.4, -0.2) is 77.0 Å². The lowest BCUT2D eigenvalue weighted by Crippen LogP contribution is -2.48. The van der Waals surface area contributed by atoms with Gasteiger partial charge in [-0.3, -0.25) is 4.79 Å². The van der Waals surface area contributed by atoms with Crippen molar-refractivity contribution in [3.63, 3.8) is 0 Å². The predicted octanol–water partition coefficient (Wildman–Crippen LogP) is 1.31. The fourth-order valence-corrected chi connectivity index (χ4v) is 5.44. The van der Waals surface area contributed by atoms with E-state index in [1.54, 1.807) is 6.07 Å². The molecule has 3 rings (SSSR count). The Balaban J connectivity index is 1.58. The number of carbonyl (C=O) groups excluding carboxylic acids is 1. The Morgan fingerprint density at radius 2 is 1.62 bits per heavy atom. The van der Waals surface area contributed by atoms with Crippen LogP contribution in [0.15, 0.2) is 23.1 Å². The lowest BCUT2D eigenvalue weighted by molar-refractivity contribution is -0.127. The Hall–Kier alpha value is -1.84. The van der Waals surface area contributed by atoms with Gasteiger partial charge in [0.2, 0.25) is 15.9 Å². The minimum Gasteiger partial charge on any atom is -0.493 e. The van der Waals surface area contributed by atoms with Crippen LogP contribution in [0.2, 0.25) is 0 Å². The second-order valence-electron chi connectivity index (χ2n) is 7.78. The Morgan fingerprint density at radius 1 is 1.00 bits per heavy atom. The lowest BCUT2D eigenvalue weighted by atomic mass is 9.96. The van der Waals surface area contributed by atoms with Crippen molar-refractivity contribution >= 4 is 15.9 Å². The standard InChI is InChI=1S/C20H31N3O5S/c1-22-10-8-16(9-11-22)21-20(24)15-6-12-23(13-7-15)29(25,26)17-4-5-18(27-2)19(14-17)28-3/h4-5,14-16H,6-13H2,1-3H3,(H,21,24).